The highest BCUT2D eigenvalue weighted by Crippen LogP contribution is 2.26. The zero-order valence-corrected chi connectivity index (χ0v) is 13.3. The predicted octanol–water partition coefficient (Wildman–Crippen LogP) is 3.30. The zero-order valence-electron chi connectivity index (χ0n) is 13.3. The van der Waals surface area contributed by atoms with Crippen molar-refractivity contribution in [1.82, 2.24) is 4.90 Å². The van der Waals surface area contributed by atoms with Gasteiger partial charge in [0.2, 0.25) is 0 Å². The fourth-order valence-electron chi connectivity index (χ4n) is 2.87. The molecule has 0 bridgehead atoms. The number of likely N-dealkylation sites (N-methyl/N-ethyl adjacent to an activating group) is 1. The van der Waals surface area contributed by atoms with Gasteiger partial charge in [-0.05, 0) is 54.8 Å². The van der Waals surface area contributed by atoms with Crippen LogP contribution in [0.25, 0.3) is 0 Å². The van der Waals surface area contributed by atoms with Gasteiger partial charge in [-0.3, -0.25) is 0 Å². The minimum atomic E-state index is 0.594. The van der Waals surface area contributed by atoms with E-state index in [1.807, 2.05) is 24.3 Å². The molecule has 116 valence electrons. The van der Waals surface area contributed by atoms with Crippen molar-refractivity contribution >= 4 is 0 Å². The predicted molar refractivity (Wildman–Crippen MR) is 88.7 cm³/mol. The average Bonchev–Trinajstić information content (AvgIpc) is 2.76. The maximum atomic E-state index is 6.10. The van der Waals surface area contributed by atoms with Crippen LogP contribution in [0, 0.1) is 0 Å². The molecule has 3 heteroatoms. The Labute approximate surface area is 132 Å². The highest BCUT2D eigenvalue weighted by molar-refractivity contribution is 5.41. The highest BCUT2D eigenvalue weighted by atomic mass is 16.5. The van der Waals surface area contributed by atoms with Crippen molar-refractivity contribution in [2.75, 3.05) is 27.2 Å². The molecule has 0 amide bonds. The molecule has 0 saturated heterocycles. The molecule has 1 heterocycles. The first-order valence-corrected chi connectivity index (χ1v) is 7.81. The monoisotopic (exact) mass is 297 g/mol. The number of ether oxygens (including phenoxy) is 2. The highest BCUT2D eigenvalue weighted by Gasteiger charge is 2.15. The van der Waals surface area contributed by atoms with Gasteiger partial charge in [-0.25, -0.2) is 0 Å². The molecule has 0 unspecified atom stereocenters. The lowest BCUT2D eigenvalue weighted by Crippen LogP contribution is -2.20. The molecule has 0 saturated carbocycles. The number of rotatable bonds is 4. The van der Waals surface area contributed by atoms with Crippen molar-refractivity contribution < 1.29 is 9.47 Å². The first-order chi connectivity index (χ1) is 10.8. The van der Waals surface area contributed by atoms with Crippen LogP contribution in [0.3, 0.4) is 0 Å². The minimum Gasteiger partial charge on any atom is -0.497 e. The van der Waals surface area contributed by atoms with Crippen LogP contribution in [0.1, 0.15) is 16.7 Å². The number of fused-ring (bicyclic) bond motifs is 1. The van der Waals surface area contributed by atoms with Crippen molar-refractivity contribution in [1.29, 1.82) is 0 Å². The van der Waals surface area contributed by atoms with Gasteiger partial charge in [0.25, 0.3) is 0 Å². The second kappa shape index (κ2) is 6.84. The maximum Gasteiger partial charge on any atom is 0.123 e. The summed E-state index contributed by atoms with van der Waals surface area (Å²) in [7, 11) is 3.87. The number of nitrogens with zero attached hydrogens (tertiary/aromatic N) is 1. The van der Waals surface area contributed by atoms with E-state index in [4.69, 9.17) is 9.47 Å². The topological polar surface area (TPSA) is 21.7 Å². The summed E-state index contributed by atoms with van der Waals surface area (Å²) in [5.41, 5.74) is 3.96. The lowest BCUT2D eigenvalue weighted by Gasteiger charge is -2.14. The molecule has 3 rings (SSSR count). The third kappa shape index (κ3) is 3.42. The van der Waals surface area contributed by atoms with Crippen LogP contribution in [0.15, 0.2) is 42.5 Å². The molecule has 0 aromatic heterocycles. The Bertz CT molecular complexity index is 622. The van der Waals surface area contributed by atoms with Gasteiger partial charge >= 0.3 is 0 Å². The van der Waals surface area contributed by atoms with E-state index in [1.54, 1.807) is 7.11 Å². The Morgan fingerprint density at radius 2 is 1.77 bits per heavy atom. The van der Waals surface area contributed by atoms with Crippen LogP contribution in [0.5, 0.6) is 11.5 Å². The second-order valence-electron chi connectivity index (χ2n) is 5.83. The van der Waals surface area contributed by atoms with Gasteiger partial charge in [0.1, 0.15) is 18.1 Å². The van der Waals surface area contributed by atoms with Crippen molar-refractivity contribution in [2.24, 2.45) is 0 Å². The molecule has 0 fully saturated rings. The summed E-state index contributed by atoms with van der Waals surface area (Å²) in [6.45, 7) is 2.81. The van der Waals surface area contributed by atoms with Gasteiger partial charge in [0.05, 0.1) is 7.11 Å². The molecule has 22 heavy (non-hydrogen) atoms. The van der Waals surface area contributed by atoms with Crippen LogP contribution in [-0.4, -0.2) is 32.1 Å². The Hall–Kier alpha value is -2.00. The van der Waals surface area contributed by atoms with Gasteiger partial charge < -0.3 is 14.4 Å². The molecule has 2 aromatic carbocycles. The fraction of sp³-hybridized carbons (Fsp3) is 0.368. The number of methoxy groups -OCH3 is 1. The van der Waals surface area contributed by atoms with E-state index in [1.165, 1.54) is 11.1 Å². The summed E-state index contributed by atoms with van der Waals surface area (Å²) in [6, 6.07) is 14.5. The number of hydrogen-bond donors (Lipinski definition) is 0. The Balaban J connectivity index is 1.72. The smallest absolute Gasteiger partial charge is 0.123 e. The Morgan fingerprint density at radius 3 is 2.55 bits per heavy atom. The van der Waals surface area contributed by atoms with Gasteiger partial charge in [-0.1, -0.05) is 24.3 Å². The summed E-state index contributed by atoms with van der Waals surface area (Å²) < 4.78 is 11.3. The van der Waals surface area contributed by atoms with Crippen LogP contribution in [-0.2, 0) is 19.4 Å². The van der Waals surface area contributed by atoms with E-state index in [0.717, 1.165) is 43.0 Å². The lowest BCUT2D eigenvalue weighted by atomic mass is 10.0. The molecule has 1 aliphatic heterocycles. The molecule has 0 atom stereocenters. The standard InChI is InChI=1S/C19H23NO2/c1-20-12-10-16-4-3-5-19(18(16)11-13-20)22-14-15-6-8-17(21-2)9-7-15/h3-9H,10-14H2,1-2H3. The fourth-order valence-corrected chi connectivity index (χ4v) is 2.87. The molecule has 0 spiro atoms. The van der Waals surface area contributed by atoms with Gasteiger partial charge in [-0.15, -0.1) is 0 Å². The minimum absolute atomic E-state index is 0.594. The van der Waals surface area contributed by atoms with E-state index >= 15 is 0 Å². The molecule has 1 aliphatic rings. The summed E-state index contributed by atoms with van der Waals surface area (Å²) in [6.07, 6.45) is 2.16. The molecule has 2 aromatic rings. The molecule has 0 N–H and O–H groups in total. The summed E-state index contributed by atoms with van der Waals surface area (Å²) in [4.78, 5) is 2.38. The van der Waals surface area contributed by atoms with E-state index in [9.17, 15) is 0 Å². The van der Waals surface area contributed by atoms with E-state index in [-0.39, 0.29) is 0 Å². The van der Waals surface area contributed by atoms with Crippen molar-refractivity contribution in [3.8, 4) is 11.5 Å². The summed E-state index contributed by atoms with van der Waals surface area (Å²) >= 11 is 0. The van der Waals surface area contributed by atoms with Crippen LogP contribution in [0.4, 0.5) is 0 Å². The molecule has 3 nitrogen and oxygen atoms in total. The third-order valence-corrected chi connectivity index (χ3v) is 4.29. The first-order valence-electron chi connectivity index (χ1n) is 7.81. The summed E-state index contributed by atoms with van der Waals surface area (Å²) in [5, 5.41) is 0. The van der Waals surface area contributed by atoms with Crippen molar-refractivity contribution in [3.63, 3.8) is 0 Å². The molecular formula is C19H23NO2. The van der Waals surface area contributed by atoms with E-state index in [2.05, 4.69) is 30.1 Å². The van der Waals surface area contributed by atoms with Gasteiger partial charge in [-0.2, -0.15) is 0 Å². The van der Waals surface area contributed by atoms with Gasteiger partial charge in [0, 0.05) is 13.1 Å². The van der Waals surface area contributed by atoms with Crippen LogP contribution in [0.2, 0.25) is 0 Å². The quantitative estimate of drug-likeness (QED) is 0.864. The molecular weight excluding hydrogens is 274 g/mol. The first kappa shape index (κ1) is 14.9. The normalized spacial score (nSPS) is 15.0. The van der Waals surface area contributed by atoms with E-state index < -0.39 is 0 Å². The zero-order chi connectivity index (χ0) is 15.4. The number of hydrogen-bond acceptors (Lipinski definition) is 3. The van der Waals surface area contributed by atoms with Crippen molar-refractivity contribution in [3.05, 3.63) is 59.2 Å². The van der Waals surface area contributed by atoms with Crippen LogP contribution < -0.4 is 9.47 Å². The average molecular weight is 297 g/mol. The maximum absolute atomic E-state index is 6.10. The SMILES string of the molecule is COc1ccc(COc2cccc3c2CCN(C)CC3)cc1. The Morgan fingerprint density at radius 1 is 1.00 bits per heavy atom. The third-order valence-electron chi connectivity index (χ3n) is 4.29. The largest absolute Gasteiger partial charge is 0.497 e. The second-order valence-corrected chi connectivity index (χ2v) is 5.83. The van der Waals surface area contributed by atoms with Crippen molar-refractivity contribution in [2.45, 2.75) is 19.4 Å². The lowest BCUT2D eigenvalue weighted by molar-refractivity contribution is 0.301. The number of benzene rings is 2. The van der Waals surface area contributed by atoms with Gasteiger partial charge in [0.15, 0.2) is 0 Å². The Kier molecular flexibility index (Phi) is 4.64. The summed E-state index contributed by atoms with van der Waals surface area (Å²) in [5.74, 6) is 1.91. The van der Waals surface area contributed by atoms with E-state index in [0.29, 0.717) is 6.61 Å². The van der Waals surface area contributed by atoms with Crippen LogP contribution >= 0.6 is 0 Å². The molecule has 0 radical (unpaired) electrons. The molecule has 0 aliphatic carbocycles.